The predicted molar refractivity (Wildman–Crippen MR) is 77.6 cm³/mol. The minimum Gasteiger partial charge on any atom is -0.329 e. The number of nitrogens with two attached hydrogens (primary N) is 1. The summed E-state index contributed by atoms with van der Waals surface area (Å²) in [6, 6.07) is 7.96. The largest absolute Gasteiger partial charge is 0.329 e. The molecule has 100 valence electrons. The lowest BCUT2D eigenvalue weighted by atomic mass is 10.1. The molecule has 0 atom stereocenters. The Morgan fingerprint density at radius 1 is 1.26 bits per heavy atom. The van der Waals surface area contributed by atoms with Crippen molar-refractivity contribution in [1.82, 2.24) is 4.90 Å². The van der Waals surface area contributed by atoms with E-state index in [2.05, 4.69) is 6.92 Å². The molecule has 4 nitrogen and oxygen atoms in total. The van der Waals surface area contributed by atoms with Crippen LogP contribution in [0.15, 0.2) is 29.2 Å². The highest BCUT2D eigenvalue weighted by Gasteiger charge is 2.34. The Hall–Kier alpha value is -1.59. The molecule has 19 heavy (non-hydrogen) atoms. The molecule has 1 heterocycles. The van der Waals surface area contributed by atoms with Gasteiger partial charge in [-0.2, -0.15) is 0 Å². The maximum atomic E-state index is 12.0. The van der Waals surface area contributed by atoms with Crippen LogP contribution in [0.4, 0.5) is 4.79 Å². The topological polar surface area (TPSA) is 63.4 Å². The van der Waals surface area contributed by atoms with Crippen LogP contribution in [0.5, 0.6) is 0 Å². The quantitative estimate of drug-likeness (QED) is 0.857. The molecule has 1 saturated heterocycles. The van der Waals surface area contributed by atoms with Crippen molar-refractivity contribution in [3.8, 4) is 0 Å². The Labute approximate surface area is 116 Å². The van der Waals surface area contributed by atoms with Gasteiger partial charge >= 0.3 is 0 Å². The minimum absolute atomic E-state index is 0.244. The van der Waals surface area contributed by atoms with Crippen LogP contribution in [0.2, 0.25) is 0 Å². The fourth-order valence-corrected chi connectivity index (χ4v) is 2.69. The number of hydrogen-bond acceptors (Lipinski definition) is 4. The molecule has 2 N–H and O–H groups in total. The van der Waals surface area contributed by atoms with E-state index >= 15 is 0 Å². The molecule has 1 aliphatic rings. The average Bonchev–Trinajstić information content (AvgIpc) is 2.68. The van der Waals surface area contributed by atoms with E-state index in [1.54, 1.807) is 6.08 Å². The van der Waals surface area contributed by atoms with Crippen molar-refractivity contribution < 1.29 is 9.59 Å². The van der Waals surface area contributed by atoms with Crippen LogP contribution in [0, 0.1) is 0 Å². The number of aryl methyl sites for hydroxylation is 1. The molecule has 1 aromatic rings. The Kier molecular flexibility index (Phi) is 4.39. The number of rotatable bonds is 4. The average molecular weight is 276 g/mol. The molecule has 2 rings (SSSR count). The molecule has 0 aromatic heterocycles. The Morgan fingerprint density at radius 2 is 1.95 bits per heavy atom. The van der Waals surface area contributed by atoms with Crippen molar-refractivity contribution >= 4 is 29.0 Å². The number of thioether (sulfide) groups is 1. The first-order valence-electron chi connectivity index (χ1n) is 6.20. The van der Waals surface area contributed by atoms with E-state index in [1.165, 1.54) is 10.5 Å². The molecule has 0 bridgehead atoms. The van der Waals surface area contributed by atoms with Gasteiger partial charge in [-0.25, -0.2) is 0 Å². The summed E-state index contributed by atoms with van der Waals surface area (Å²) in [4.78, 5) is 25.3. The number of carbonyl (C=O) groups excluding carboxylic acids is 2. The van der Waals surface area contributed by atoms with Crippen LogP contribution in [0.3, 0.4) is 0 Å². The molecular weight excluding hydrogens is 260 g/mol. The minimum atomic E-state index is -0.250. The number of benzene rings is 1. The second kappa shape index (κ2) is 6.04. The smallest absolute Gasteiger partial charge is 0.293 e. The van der Waals surface area contributed by atoms with Gasteiger partial charge in [0.1, 0.15) is 0 Å². The molecule has 5 heteroatoms. The number of carbonyl (C=O) groups is 2. The first-order valence-corrected chi connectivity index (χ1v) is 7.01. The highest BCUT2D eigenvalue weighted by atomic mass is 32.2. The maximum Gasteiger partial charge on any atom is 0.293 e. The third-order valence-corrected chi connectivity index (χ3v) is 3.82. The third-order valence-electron chi connectivity index (χ3n) is 2.91. The van der Waals surface area contributed by atoms with Gasteiger partial charge in [-0.1, -0.05) is 31.2 Å². The summed E-state index contributed by atoms with van der Waals surface area (Å²) < 4.78 is 0. The van der Waals surface area contributed by atoms with Gasteiger partial charge in [-0.05, 0) is 35.4 Å². The van der Waals surface area contributed by atoms with Crippen molar-refractivity contribution in [2.45, 2.75) is 13.3 Å². The number of hydrogen-bond donors (Lipinski definition) is 1. The summed E-state index contributed by atoms with van der Waals surface area (Å²) in [6.07, 6.45) is 2.73. The monoisotopic (exact) mass is 276 g/mol. The van der Waals surface area contributed by atoms with Gasteiger partial charge in [0.2, 0.25) is 0 Å². The fraction of sp³-hybridized carbons (Fsp3) is 0.286. The van der Waals surface area contributed by atoms with E-state index in [1.807, 2.05) is 24.3 Å². The fourth-order valence-electron chi connectivity index (χ4n) is 1.82. The molecule has 0 unspecified atom stereocenters. The lowest BCUT2D eigenvalue weighted by Gasteiger charge is -2.09. The molecule has 1 aromatic carbocycles. The van der Waals surface area contributed by atoms with E-state index in [4.69, 9.17) is 5.73 Å². The summed E-state index contributed by atoms with van der Waals surface area (Å²) in [5, 5.41) is -0.244. The van der Waals surface area contributed by atoms with Crippen molar-refractivity contribution in [2.24, 2.45) is 5.73 Å². The zero-order valence-electron chi connectivity index (χ0n) is 10.8. The van der Waals surface area contributed by atoms with E-state index < -0.39 is 0 Å². The SMILES string of the molecule is CCc1ccc(C=C2SC(=O)N(CCN)C2=O)cc1. The number of imide groups is 1. The van der Waals surface area contributed by atoms with Crippen LogP contribution < -0.4 is 5.73 Å². The van der Waals surface area contributed by atoms with Crippen LogP contribution in [0.25, 0.3) is 6.08 Å². The number of amides is 2. The predicted octanol–water partition coefficient (Wildman–Crippen LogP) is 2.24. The summed E-state index contributed by atoms with van der Waals surface area (Å²) in [5.74, 6) is -0.250. The zero-order valence-corrected chi connectivity index (χ0v) is 11.6. The van der Waals surface area contributed by atoms with Gasteiger partial charge < -0.3 is 5.73 Å². The molecule has 1 aliphatic heterocycles. The Morgan fingerprint density at radius 3 is 2.53 bits per heavy atom. The van der Waals surface area contributed by atoms with Crippen molar-refractivity contribution in [1.29, 1.82) is 0 Å². The first kappa shape index (κ1) is 13.8. The third kappa shape index (κ3) is 3.05. The Balaban J connectivity index is 2.19. The highest BCUT2D eigenvalue weighted by Crippen LogP contribution is 2.31. The van der Waals surface area contributed by atoms with Gasteiger partial charge in [0.25, 0.3) is 11.1 Å². The summed E-state index contributed by atoms with van der Waals surface area (Å²) >= 11 is 0.970. The molecule has 1 fully saturated rings. The van der Waals surface area contributed by atoms with Gasteiger partial charge in [0, 0.05) is 13.1 Å². The molecule has 2 amide bonds. The normalized spacial score (nSPS) is 17.6. The van der Waals surface area contributed by atoms with E-state index in [0.717, 1.165) is 23.7 Å². The lowest BCUT2D eigenvalue weighted by Crippen LogP contribution is -2.33. The van der Waals surface area contributed by atoms with Gasteiger partial charge in [-0.15, -0.1) is 0 Å². The van der Waals surface area contributed by atoms with E-state index in [-0.39, 0.29) is 24.2 Å². The van der Waals surface area contributed by atoms with Crippen LogP contribution >= 0.6 is 11.8 Å². The maximum absolute atomic E-state index is 12.0. The molecule has 0 aliphatic carbocycles. The number of nitrogens with zero attached hydrogens (tertiary/aromatic N) is 1. The van der Waals surface area contributed by atoms with E-state index in [0.29, 0.717) is 4.91 Å². The van der Waals surface area contributed by atoms with Crippen molar-refractivity contribution in [3.63, 3.8) is 0 Å². The van der Waals surface area contributed by atoms with Gasteiger partial charge in [-0.3, -0.25) is 14.5 Å². The van der Waals surface area contributed by atoms with Crippen molar-refractivity contribution in [2.75, 3.05) is 13.1 Å². The summed E-state index contributed by atoms with van der Waals surface area (Å²) in [7, 11) is 0. The van der Waals surface area contributed by atoms with Crippen LogP contribution in [0.1, 0.15) is 18.1 Å². The van der Waals surface area contributed by atoms with Crippen LogP contribution in [-0.2, 0) is 11.2 Å². The molecule has 0 saturated carbocycles. The molecule has 0 spiro atoms. The molecule has 0 radical (unpaired) electrons. The van der Waals surface area contributed by atoms with E-state index in [9.17, 15) is 9.59 Å². The zero-order chi connectivity index (χ0) is 13.8. The second-order valence-corrected chi connectivity index (χ2v) is 5.21. The van der Waals surface area contributed by atoms with Gasteiger partial charge in [0.15, 0.2) is 0 Å². The Bertz CT molecular complexity index is 523. The first-order chi connectivity index (χ1) is 9.15. The molecular formula is C14H16N2O2S. The summed E-state index contributed by atoms with van der Waals surface area (Å²) in [5.41, 5.74) is 7.56. The second-order valence-electron chi connectivity index (χ2n) is 4.22. The van der Waals surface area contributed by atoms with Crippen LogP contribution in [-0.4, -0.2) is 29.1 Å². The van der Waals surface area contributed by atoms with Crippen molar-refractivity contribution in [3.05, 3.63) is 40.3 Å². The summed E-state index contributed by atoms with van der Waals surface area (Å²) in [6.45, 7) is 2.65. The highest BCUT2D eigenvalue weighted by molar-refractivity contribution is 8.18. The standard InChI is InChI=1S/C14H16N2O2S/c1-2-10-3-5-11(6-4-10)9-12-13(17)16(8-7-15)14(18)19-12/h3-6,9H,2,7-8,15H2,1H3. The lowest BCUT2D eigenvalue weighted by molar-refractivity contribution is -0.122. The van der Waals surface area contributed by atoms with Gasteiger partial charge in [0.05, 0.1) is 4.91 Å².